The average Bonchev–Trinajstić information content (AvgIpc) is 3.29. The third-order valence-electron chi connectivity index (χ3n) is 3.82. The molecule has 0 aliphatic rings. The predicted octanol–water partition coefficient (Wildman–Crippen LogP) is 3.14. The highest BCUT2D eigenvalue weighted by Gasteiger charge is 2.12. The number of carbonyl (C=O) groups is 2. The summed E-state index contributed by atoms with van der Waals surface area (Å²) in [5.74, 6) is -0.378. The van der Waals surface area contributed by atoms with Crippen LogP contribution in [0.5, 0.6) is 0 Å². The fourth-order valence-electron chi connectivity index (χ4n) is 2.55. The van der Waals surface area contributed by atoms with E-state index in [1.165, 1.54) is 0 Å². The maximum Gasteiger partial charge on any atom is 0.273 e. The monoisotopic (exact) mass is 430 g/mol. The lowest BCUT2D eigenvalue weighted by atomic mass is 10.2. The molecule has 3 aromatic rings. The van der Waals surface area contributed by atoms with Gasteiger partial charge in [0.1, 0.15) is 5.69 Å². The van der Waals surface area contributed by atoms with Gasteiger partial charge in [0.25, 0.3) is 5.91 Å². The summed E-state index contributed by atoms with van der Waals surface area (Å²) in [6.45, 7) is 3.01. The van der Waals surface area contributed by atoms with Crippen LogP contribution in [0.1, 0.15) is 23.8 Å². The Labute approximate surface area is 164 Å². The number of aromatic nitrogens is 4. The van der Waals surface area contributed by atoms with Crippen LogP contribution >= 0.6 is 15.9 Å². The zero-order valence-corrected chi connectivity index (χ0v) is 16.3. The lowest BCUT2D eigenvalue weighted by molar-refractivity contribution is -0.116. The Kier molecular flexibility index (Phi) is 6.02. The largest absolute Gasteiger partial charge is 0.326 e. The predicted molar refractivity (Wildman–Crippen MR) is 105 cm³/mol. The van der Waals surface area contributed by atoms with Gasteiger partial charge < -0.3 is 10.6 Å². The smallest absolute Gasteiger partial charge is 0.273 e. The number of halogens is 1. The first-order valence-electron chi connectivity index (χ1n) is 8.46. The van der Waals surface area contributed by atoms with E-state index in [4.69, 9.17) is 0 Å². The number of anilines is 2. The second kappa shape index (κ2) is 8.63. The van der Waals surface area contributed by atoms with Gasteiger partial charge in [0, 0.05) is 43.3 Å². The molecule has 0 saturated heterocycles. The molecule has 1 aromatic carbocycles. The van der Waals surface area contributed by atoms with E-state index in [-0.39, 0.29) is 11.8 Å². The molecule has 9 heteroatoms. The minimum atomic E-state index is -0.248. The molecule has 0 aliphatic carbocycles. The molecule has 0 atom stereocenters. The van der Waals surface area contributed by atoms with Crippen LogP contribution in [0.25, 0.3) is 0 Å². The fraction of sp³-hybridized carbons (Fsp3) is 0.222. The number of aryl methyl sites for hydroxylation is 2. The Bertz CT molecular complexity index is 949. The highest BCUT2D eigenvalue weighted by Crippen LogP contribution is 2.16. The molecule has 2 amide bonds. The first-order chi connectivity index (χ1) is 13.0. The first-order valence-corrected chi connectivity index (χ1v) is 9.25. The zero-order chi connectivity index (χ0) is 19.2. The number of amides is 2. The van der Waals surface area contributed by atoms with Crippen LogP contribution < -0.4 is 10.6 Å². The minimum Gasteiger partial charge on any atom is -0.326 e. The van der Waals surface area contributed by atoms with Crippen LogP contribution in [0, 0.1) is 0 Å². The maximum absolute atomic E-state index is 12.4. The normalized spacial score (nSPS) is 10.6. The Morgan fingerprint density at radius 2 is 1.93 bits per heavy atom. The van der Waals surface area contributed by atoms with Gasteiger partial charge in [-0.2, -0.15) is 10.2 Å². The number of nitrogens with one attached hydrogen (secondary N) is 2. The summed E-state index contributed by atoms with van der Waals surface area (Å²) in [6, 6.07) is 8.69. The first kappa shape index (κ1) is 18.8. The number of rotatable bonds is 7. The average molecular weight is 431 g/mol. The minimum absolute atomic E-state index is 0.130. The molecule has 2 N–H and O–H groups in total. The Balaban J connectivity index is 1.58. The third kappa shape index (κ3) is 5.04. The van der Waals surface area contributed by atoms with E-state index in [1.807, 2.05) is 13.1 Å². The quantitative estimate of drug-likeness (QED) is 0.601. The van der Waals surface area contributed by atoms with Gasteiger partial charge >= 0.3 is 0 Å². The summed E-state index contributed by atoms with van der Waals surface area (Å²) in [5, 5.41) is 13.9. The SMILES string of the molecule is CCn1nccc1C(=O)Nc1cccc(NC(=O)CCn2cc(Br)cn2)c1. The van der Waals surface area contributed by atoms with Gasteiger partial charge in [0.15, 0.2) is 0 Å². The molecule has 0 saturated carbocycles. The summed E-state index contributed by atoms with van der Waals surface area (Å²) < 4.78 is 4.18. The van der Waals surface area contributed by atoms with Crippen molar-refractivity contribution < 1.29 is 9.59 Å². The lowest BCUT2D eigenvalue weighted by Crippen LogP contribution is -2.18. The lowest BCUT2D eigenvalue weighted by Gasteiger charge is -2.10. The van der Waals surface area contributed by atoms with Crippen LogP contribution in [0.15, 0.2) is 53.4 Å². The van der Waals surface area contributed by atoms with Crippen molar-refractivity contribution in [2.45, 2.75) is 26.4 Å². The van der Waals surface area contributed by atoms with Crippen LogP contribution in [0.4, 0.5) is 11.4 Å². The Morgan fingerprint density at radius 1 is 1.15 bits per heavy atom. The molecule has 2 aromatic heterocycles. The summed E-state index contributed by atoms with van der Waals surface area (Å²) in [6.07, 6.45) is 5.37. The topological polar surface area (TPSA) is 93.8 Å². The Hall–Kier alpha value is -2.94. The van der Waals surface area contributed by atoms with E-state index in [9.17, 15) is 9.59 Å². The zero-order valence-electron chi connectivity index (χ0n) is 14.7. The van der Waals surface area contributed by atoms with E-state index < -0.39 is 0 Å². The van der Waals surface area contributed by atoms with Gasteiger partial charge in [-0.3, -0.25) is 19.0 Å². The standard InChI is InChI=1S/C18H19BrN6O2/c1-2-25-16(6-8-20-25)18(27)23-15-5-3-4-14(10-15)22-17(26)7-9-24-12-13(19)11-21-24/h3-6,8,10-12H,2,7,9H2,1H3,(H,22,26)(H,23,27). The summed E-state index contributed by atoms with van der Waals surface area (Å²) in [5.41, 5.74) is 1.69. The number of hydrogen-bond acceptors (Lipinski definition) is 4. The van der Waals surface area contributed by atoms with Crippen molar-refractivity contribution in [2.75, 3.05) is 10.6 Å². The molecule has 0 unspecified atom stereocenters. The van der Waals surface area contributed by atoms with Gasteiger partial charge in [-0.1, -0.05) is 6.07 Å². The highest BCUT2D eigenvalue weighted by atomic mass is 79.9. The van der Waals surface area contributed by atoms with Gasteiger partial charge in [0.2, 0.25) is 5.91 Å². The van der Waals surface area contributed by atoms with Crippen molar-refractivity contribution in [3.05, 3.63) is 59.1 Å². The number of hydrogen-bond donors (Lipinski definition) is 2. The molecule has 0 bridgehead atoms. The van der Waals surface area contributed by atoms with Gasteiger partial charge in [-0.15, -0.1) is 0 Å². The van der Waals surface area contributed by atoms with Crippen molar-refractivity contribution in [3.8, 4) is 0 Å². The molecule has 0 spiro atoms. The number of carbonyl (C=O) groups excluding carboxylic acids is 2. The van der Waals surface area contributed by atoms with Gasteiger partial charge in [0.05, 0.1) is 10.7 Å². The molecule has 140 valence electrons. The fourth-order valence-corrected chi connectivity index (χ4v) is 2.88. The summed E-state index contributed by atoms with van der Waals surface area (Å²) >= 11 is 3.32. The Morgan fingerprint density at radius 3 is 2.63 bits per heavy atom. The molecule has 0 radical (unpaired) electrons. The van der Waals surface area contributed by atoms with Crippen molar-refractivity contribution in [1.82, 2.24) is 19.6 Å². The molecule has 0 fully saturated rings. The van der Waals surface area contributed by atoms with E-state index in [0.29, 0.717) is 36.6 Å². The van der Waals surface area contributed by atoms with Crippen molar-refractivity contribution >= 4 is 39.1 Å². The molecular weight excluding hydrogens is 412 g/mol. The van der Waals surface area contributed by atoms with Gasteiger partial charge in [-0.25, -0.2) is 0 Å². The van der Waals surface area contributed by atoms with Crippen LogP contribution in [-0.2, 0) is 17.9 Å². The van der Waals surface area contributed by atoms with Crippen molar-refractivity contribution in [1.29, 1.82) is 0 Å². The number of benzene rings is 1. The van der Waals surface area contributed by atoms with E-state index in [1.54, 1.807) is 52.1 Å². The summed E-state index contributed by atoms with van der Waals surface area (Å²) in [7, 11) is 0. The van der Waals surface area contributed by atoms with E-state index in [0.717, 1.165) is 4.47 Å². The highest BCUT2D eigenvalue weighted by molar-refractivity contribution is 9.10. The van der Waals surface area contributed by atoms with Gasteiger partial charge in [-0.05, 0) is 47.1 Å². The second-order valence-electron chi connectivity index (χ2n) is 5.79. The number of nitrogens with zero attached hydrogens (tertiary/aromatic N) is 4. The van der Waals surface area contributed by atoms with Crippen molar-refractivity contribution in [3.63, 3.8) is 0 Å². The van der Waals surface area contributed by atoms with Crippen LogP contribution in [0.3, 0.4) is 0 Å². The molecule has 27 heavy (non-hydrogen) atoms. The van der Waals surface area contributed by atoms with E-state index in [2.05, 4.69) is 36.8 Å². The van der Waals surface area contributed by atoms with E-state index >= 15 is 0 Å². The summed E-state index contributed by atoms with van der Waals surface area (Å²) in [4.78, 5) is 24.5. The molecule has 3 rings (SSSR count). The van der Waals surface area contributed by atoms with Crippen LogP contribution in [-0.4, -0.2) is 31.4 Å². The maximum atomic E-state index is 12.4. The molecule has 0 aliphatic heterocycles. The second-order valence-corrected chi connectivity index (χ2v) is 6.70. The molecule has 8 nitrogen and oxygen atoms in total. The molecular formula is C18H19BrN6O2. The molecule has 2 heterocycles. The third-order valence-corrected chi connectivity index (χ3v) is 4.23. The van der Waals surface area contributed by atoms with Crippen LogP contribution in [0.2, 0.25) is 0 Å². The van der Waals surface area contributed by atoms with Crippen molar-refractivity contribution in [2.24, 2.45) is 0 Å².